The highest BCUT2D eigenvalue weighted by atomic mass is 19.4. The highest BCUT2D eigenvalue weighted by Crippen LogP contribution is 2.41. The van der Waals surface area contributed by atoms with Crippen LogP contribution in [0.3, 0.4) is 0 Å². The van der Waals surface area contributed by atoms with Crippen molar-refractivity contribution < 1.29 is 119 Å². The summed E-state index contributed by atoms with van der Waals surface area (Å²) < 4.78 is 348. The van der Waals surface area contributed by atoms with E-state index in [1.807, 2.05) is 42.7 Å². The third-order valence-electron chi connectivity index (χ3n) is 12.5. The first kappa shape index (κ1) is 64.9. The first-order chi connectivity index (χ1) is 37.1. The summed E-state index contributed by atoms with van der Waals surface area (Å²) in [6.45, 7) is 3.53. The Morgan fingerprint density at radius 1 is 0.383 bits per heavy atom. The van der Waals surface area contributed by atoms with Gasteiger partial charge in [-0.05, 0) is 30.7 Å². The third kappa shape index (κ3) is 16.9. The number of benzene rings is 5. The van der Waals surface area contributed by atoms with E-state index < -0.39 is 195 Å². The van der Waals surface area contributed by atoms with E-state index >= 15 is 0 Å². The molecule has 0 saturated carbocycles. The Labute approximate surface area is 444 Å². The van der Waals surface area contributed by atoms with Crippen molar-refractivity contribution in [2.45, 2.75) is 101 Å². The van der Waals surface area contributed by atoms with Gasteiger partial charge < -0.3 is 4.74 Å². The number of rotatable bonds is 14. The summed E-state index contributed by atoms with van der Waals surface area (Å²) in [5.41, 5.74) is -28.4. The first-order valence-corrected chi connectivity index (χ1v) is 23.6. The number of pyridine rings is 1. The summed E-state index contributed by atoms with van der Waals surface area (Å²) >= 11 is 0. The Balaban J connectivity index is 0.000000416. The second-order valence-electron chi connectivity index (χ2n) is 18.4. The van der Waals surface area contributed by atoms with Crippen molar-refractivity contribution in [1.82, 2.24) is 0 Å². The molecule has 6 aromatic rings. The lowest BCUT2D eigenvalue weighted by atomic mass is 9.12. The van der Waals surface area contributed by atoms with Crippen molar-refractivity contribution in [2.75, 3.05) is 6.61 Å². The summed E-state index contributed by atoms with van der Waals surface area (Å²) in [6.07, 6.45) is -43.8. The summed E-state index contributed by atoms with van der Waals surface area (Å²) in [7, 11) is 0. The molecule has 0 aliphatic heterocycles. The normalized spacial score (nSPS) is 13.2. The van der Waals surface area contributed by atoms with Crippen molar-refractivity contribution in [3.63, 3.8) is 0 Å². The van der Waals surface area contributed by atoms with E-state index in [0.717, 1.165) is 19.4 Å². The van der Waals surface area contributed by atoms with Crippen LogP contribution in [0.4, 0.5) is 105 Å². The van der Waals surface area contributed by atoms with Crippen LogP contribution in [0.5, 0.6) is 0 Å². The number of hydrogen-bond acceptors (Lipinski definition) is 2. The topological polar surface area (TPSA) is 30.2 Å². The molecule has 0 saturated heterocycles. The van der Waals surface area contributed by atoms with Crippen LogP contribution in [0.25, 0.3) is 0 Å². The van der Waals surface area contributed by atoms with Gasteiger partial charge in [0.25, 0.3) is 0 Å². The number of alkyl halides is 24. The molecule has 0 atom stereocenters. The van der Waals surface area contributed by atoms with Gasteiger partial charge in [-0.3, -0.25) is 0 Å². The minimum atomic E-state index is -6.13. The van der Waals surface area contributed by atoms with Gasteiger partial charge in [-0.1, -0.05) is 118 Å². The second kappa shape index (κ2) is 24.3. The van der Waals surface area contributed by atoms with Crippen LogP contribution in [0.2, 0.25) is 0 Å². The number of esters is 1. The minimum Gasteiger partial charge on any atom is -0.462 e. The molecule has 0 bridgehead atoms. The number of nitrogens with zero attached hydrogens (tertiary/aromatic N) is 1. The Morgan fingerprint density at radius 3 is 0.926 bits per heavy atom. The second-order valence-corrected chi connectivity index (χ2v) is 18.4. The SMILES string of the molecule is CCCCCCCCOC(=O)c1cc[n+](Cc2ccccc2)cc1.FC(F)(F)c1cc([B-](c2cc(C(F)(F)F)cc(C(F)(F)F)c2)(c2cc(C(F)(F)F)cc(C(F)(F)F)c2)c2cc(C(F)(F)F)cc(C(F)(F)F)c2)cc(C(F)(F)F)c1. The molecule has 0 N–H and O–H groups in total. The molecule has 0 fully saturated rings. The number of halogens is 24. The lowest BCUT2D eigenvalue weighted by molar-refractivity contribution is -0.688. The van der Waals surface area contributed by atoms with Crippen LogP contribution in [0.15, 0.2) is 128 Å². The molecule has 6 rings (SSSR count). The van der Waals surface area contributed by atoms with Crippen LogP contribution < -0.4 is 26.4 Å². The predicted octanol–water partition coefficient (Wildman–Crippen LogP) is 15.8. The van der Waals surface area contributed by atoms with Gasteiger partial charge in [-0.15, -0.1) is 0 Å². The van der Waals surface area contributed by atoms with Crippen molar-refractivity contribution >= 4 is 34.0 Å². The molecule has 0 aliphatic carbocycles. The predicted molar refractivity (Wildman–Crippen MR) is 246 cm³/mol. The molecule has 0 aliphatic rings. The van der Waals surface area contributed by atoms with Crippen LogP contribution in [-0.2, 0) is 60.7 Å². The maximum Gasteiger partial charge on any atom is 0.416 e. The highest BCUT2D eigenvalue weighted by molar-refractivity contribution is 7.20. The fourth-order valence-corrected chi connectivity index (χ4v) is 8.69. The Hall–Kier alpha value is -6.90. The fraction of sp³-hybridized carbons (Fsp3) is 0.321. The number of carbonyl (C=O) groups excluding carboxylic acids is 1. The lowest BCUT2D eigenvalue weighted by Crippen LogP contribution is -2.75. The van der Waals surface area contributed by atoms with Gasteiger partial charge in [-0.2, -0.15) is 127 Å². The van der Waals surface area contributed by atoms with Gasteiger partial charge in [0.2, 0.25) is 0 Å². The molecule has 81 heavy (non-hydrogen) atoms. The summed E-state index contributed by atoms with van der Waals surface area (Å²) in [5, 5.41) is 0. The molecule has 28 heteroatoms. The molecule has 0 amide bonds. The molecule has 0 spiro atoms. The standard InChI is InChI=1S/C32H12BF24.C21H28NO2/c34-25(35,36)13-1-14(26(37,38)39)6-21(5-13)33(22-7-15(27(40,41)42)2-16(8-22)28(43,44)45,23-9-17(29(46,47)48)3-18(10-23)30(49,50)51)24-11-19(31(52,53)54)4-20(12-24)32(55,56)57;1-2-3-4-5-6-10-17-24-21(23)20-13-15-22(16-14-20)18-19-11-8-7-9-12-19/h1-12H;7-9,11-16H,2-6,10,17-18H2,1H3/q-1;+1. The molecule has 0 radical (unpaired) electrons. The van der Waals surface area contributed by atoms with Crippen molar-refractivity contribution in [3.8, 4) is 0 Å². The summed E-state index contributed by atoms with van der Waals surface area (Å²) in [5.74, 6) is -0.226. The van der Waals surface area contributed by atoms with E-state index in [0.29, 0.717) is 12.2 Å². The van der Waals surface area contributed by atoms with Gasteiger partial charge >= 0.3 is 55.4 Å². The number of unbranched alkanes of at least 4 members (excludes halogenated alkanes) is 5. The lowest BCUT2D eigenvalue weighted by Gasteiger charge is -2.46. The average molecular weight is 1190 g/mol. The van der Waals surface area contributed by atoms with E-state index in [4.69, 9.17) is 4.74 Å². The zero-order valence-electron chi connectivity index (χ0n) is 41.2. The monoisotopic (exact) mass is 1190 g/mol. The Kier molecular flexibility index (Phi) is 19.5. The van der Waals surface area contributed by atoms with E-state index in [2.05, 4.69) is 23.6 Å². The summed E-state index contributed by atoms with van der Waals surface area (Å²) in [6, 6.07) is 5.10. The van der Waals surface area contributed by atoms with E-state index in [9.17, 15) is 110 Å². The summed E-state index contributed by atoms with van der Waals surface area (Å²) in [4.78, 5) is 12.0. The van der Waals surface area contributed by atoms with Crippen LogP contribution in [-0.4, -0.2) is 18.7 Å². The molecule has 440 valence electrons. The minimum absolute atomic E-state index is 0.226. The largest absolute Gasteiger partial charge is 0.462 e. The van der Waals surface area contributed by atoms with E-state index in [1.165, 1.54) is 31.2 Å². The number of ether oxygens (including phenoxy) is 1. The van der Waals surface area contributed by atoms with Crippen molar-refractivity contribution in [3.05, 3.63) is 183 Å². The molecule has 3 nitrogen and oxygen atoms in total. The zero-order chi connectivity index (χ0) is 61.0. The first-order valence-electron chi connectivity index (χ1n) is 23.6. The number of hydrogen-bond donors (Lipinski definition) is 0. The smallest absolute Gasteiger partial charge is 0.416 e. The molecular formula is C53H40BF24NO2. The zero-order valence-corrected chi connectivity index (χ0v) is 41.2. The van der Waals surface area contributed by atoms with E-state index in [1.54, 1.807) is 0 Å². The van der Waals surface area contributed by atoms with Gasteiger partial charge in [0.05, 0.1) is 56.7 Å². The third-order valence-corrected chi connectivity index (χ3v) is 12.5. The average Bonchev–Trinajstić information content (AvgIpc) is 3.48. The number of carbonyl (C=O) groups is 1. The highest BCUT2D eigenvalue weighted by Gasteiger charge is 2.47. The molecule has 1 aromatic heterocycles. The molecule has 1 heterocycles. The quantitative estimate of drug-likeness (QED) is 0.0358. The maximum absolute atomic E-state index is 14.2. The van der Waals surface area contributed by atoms with E-state index in [-0.39, 0.29) is 5.97 Å². The van der Waals surface area contributed by atoms with Gasteiger partial charge in [0.1, 0.15) is 6.15 Å². The van der Waals surface area contributed by atoms with Crippen LogP contribution in [0, 0.1) is 0 Å². The Morgan fingerprint density at radius 2 is 0.654 bits per heavy atom. The molecular weight excluding hydrogens is 1150 g/mol. The van der Waals surface area contributed by atoms with Gasteiger partial charge in [0, 0.05) is 17.7 Å². The Bertz CT molecular complexity index is 2660. The van der Waals surface area contributed by atoms with Crippen molar-refractivity contribution in [2.24, 2.45) is 0 Å². The van der Waals surface area contributed by atoms with Crippen LogP contribution >= 0.6 is 0 Å². The van der Waals surface area contributed by atoms with Crippen molar-refractivity contribution in [1.29, 1.82) is 0 Å². The van der Waals surface area contributed by atoms with Gasteiger partial charge in [-0.25, -0.2) is 9.36 Å². The number of aromatic nitrogens is 1. The maximum atomic E-state index is 14.2. The van der Waals surface area contributed by atoms with Gasteiger partial charge in [0.15, 0.2) is 18.9 Å². The fourth-order valence-electron chi connectivity index (χ4n) is 8.69. The van der Waals surface area contributed by atoms with Crippen LogP contribution in [0.1, 0.15) is 106 Å². The molecule has 0 unspecified atom stereocenters. The molecule has 5 aromatic carbocycles.